The van der Waals surface area contributed by atoms with Crippen LogP contribution in [0.15, 0.2) is 60.2 Å². The molecule has 2 aromatic carbocycles. The lowest BCUT2D eigenvalue weighted by Crippen LogP contribution is -2.40. The highest BCUT2D eigenvalue weighted by Crippen LogP contribution is 2.41. The van der Waals surface area contributed by atoms with Crippen LogP contribution < -0.4 is 15.2 Å². The molecule has 0 unspecified atom stereocenters. The highest BCUT2D eigenvalue weighted by molar-refractivity contribution is 7.90. The van der Waals surface area contributed by atoms with Crippen LogP contribution in [0.1, 0.15) is 11.1 Å². The van der Waals surface area contributed by atoms with Crippen molar-refractivity contribution in [1.82, 2.24) is 0 Å². The smallest absolute Gasteiger partial charge is 0.302 e. The number of nitrogens with two attached hydrogens (primary N) is 1. The van der Waals surface area contributed by atoms with Gasteiger partial charge in [-0.3, -0.25) is 4.79 Å². The van der Waals surface area contributed by atoms with E-state index in [1.807, 2.05) is 0 Å². The fourth-order valence-corrected chi connectivity index (χ4v) is 3.90. The Kier molecular flexibility index (Phi) is 4.57. The first-order valence-corrected chi connectivity index (χ1v) is 9.97. The summed E-state index contributed by atoms with van der Waals surface area (Å²) < 4.78 is 43.7. The van der Waals surface area contributed by atoms with Gasteiger partial charge in [-0.2, -0.15) is 8.42 Å². The van der Waals surface area contributed by atoms with E-state index in [1.165, 1.54) is 30.3 Å². The van der Waals surface area contributed by atoms with Gasteiger partial charge < -0.3 is 24.1 Å². The molecule has 0 fully saturated rings. The van der Waals surface area contributed by atoms with E-state index in [-0.39, 0.29) is 17.9 Å². The van der Waals surface area contributed by atoms with Crippen LogP contribution in [0.3, 0.4) is 0 Å². The zero-order valence-corrected chi connectivity index (χ0v) is 16.2. The van der Waals surface area contributed by atoms with Crippen LogP contribution in [-0.4, -0.2) is 44.5 Å². The van der Waals surface area contributed by atoms with Crippen molar-refractivity contribution in [1.29, 1.82) is 0 Å². The van der Waals surface area contributed by atoms with Crippen LogP contribution in [-0.2, 0) is 33.9 Å². The summed E-state index contributed by atoms with van der Waals surface area (Å²) in [5.74, 6) is -1.71. The van der Waals surface area contributed by atoms with Crippen molar-refractivity contribution in [3.05, 3.63) is 71.3 Å². The summed E-state index contributed by atoms with van der Waals surface area (Å²) in [6.45, 7) is 0.00667. The van der Waals surface area contributed by atoms with Crippen molar-refractivity contribution in [2.24, 2.45) is 5.73 Å². The molecule has 0 spiro atoms. The normalized spacial score (nSPS) is 20.9. The first kappa shape index (κ1) is 20.3. The maximum absolute atomic E-state index is 12.9. The minimum Gasteiger partial charge on any atom is -0.467 e. The Morgan fingerprint density at radius 1 is 1.07 bits per heavy atom. The van der Waals surface area contributed by atoms with Crippen LogP contribution in [0.2, 0.25) is 0 Å². The Morgan fingerprint density at radius 2 is 1.73 bits per heavy atom. The fourth-order valence-electron chi connectivity index (χ4n) is 2.96. The standard InChI is InChI=1S/C18H12B3NO7S/c19-17(11-6-7-12-13(8-11)27-9-26-12)15(23)14(16(22)28-17)29-30(24,25)18(20,21)10-4-2-1-3-5-10/h1-8H,9,22H2/t17-/m1/s1. The Balaban J connectivity index is 1.64. The maximum Gasteiger partial charge on any atom is 0.302 e. The third-order valence-electron chi connectivity index (χ3n) is 4.67. The minimum atomic E-state index is -4.79. The van der Waals surface area contributed by atoms with Gasteiger partial charge in [0.2, 0.25) is 24.2 Å². The van der Waals surface area contributed by atoms with Gasteiger partial charge in [-0.15, -0.1) is 0 Å². The lowest BCUT2D eigenvalue weighted by molar-refractivity contribution is -0.126. The first-order valence-electron chi connectivity index (χ1n) is 8.56. The zero-order valence-electron chi connectivity index (χ0n) is 15.4. The molecule has 2 aromatic rings. The minimum absolute atomic E-state index is 0.00667. The molecule has 0 amide bonds. The molecule has 2 aliphatic heterocycles. The van der Waals surface area contributed by atoms with E-state index in [9.17, 15) is 13.2 Å². The van der Waals surface area contributed by atoms with E-state index in [4.69, 9.17) is 47.7 Å². The Morgan fingerprint density at radius 3 is 2.43 bits per heavy atom. The van der Waals surface area contributed by atoms with Gasteiger partial charge in [0.05, 0.1) is 20.2 Å². The number of fused-ring (bicyclic) bond motifs is 1. The Labute approximate surface area is 176 Å². The number of ether oxygens (including phenoxy) is 3. The molecule has 30 heavy (non-hydrogen) atoms. The number of ketones is 1. The third-order valence-corrected chi connectivity index (χ3v) is 6.12. The average Bonchev–Trinajstić information content (AvgIpc) is 3.27. The second-order valence-electron chi connectivity index (χ2n) is 6.62. The van der Waals surface area contributed by atoms with Gasteiger partial charge in [-0.05, 0) is 23.3 Å². The van der Waals surface area contributed by atoms with Crippen LogP contribution in [0.5, 0.6) is 11.5 Å². The van der Waals surface area contributed by atoms with Gasteiger partial charge in [0.1, 0.15) is 7.85 Å². The van der Waals surface area contributed by atoms with Gasteiger partial charge in [-0.25, -0.2) is 0 Å². The predicted molar refractivity (Wildman–Crippen MR) is 107 cm³/mol. The molecule has 2 N–H and O–H groups in total. The fraction of sp³-hybridized carbons (Fsp3) is 0.167. The number of hydrogen-bond acceptors (Lipinski definition) is 8. The average molecular weight is 419 g/mol. The third kappa shape index (κ3) is 3.02. The molecule has 4 rings (SSSR count). The van der Waals surface area contributed by atoms with E-state index in [1.54, 1.807) is 18.2 Å². The van der Waals surface area contributed by atoms with Crippen LogP contribution in [0, 0.1) is 0 Å². The largest absolute Gasteiger partial charge is 0.467 e. The molecule has 0 aliphatic carbocycles. The van der Waals surface area contributed by atoms with E-state index >= 15 is 0 Å². The summed E-state index contributed by atoms with van der Waals surface area (Å²) in [4.78, 5) is 12.9. The second kappa shape index (κ2) is 6.77. The topological polar surface area (TPSA) is 114 Å². The molecular formula is C18H12B3NO7S. The summed E-state index contributed by atoms with van der Waals surface area (Å²) in [6, 6.07) is 11.9. The van der Waals surface area contributed by atoms with E-state index in [2.05, 4.69) is 0 Å². The highest BCUT2D eigenvalue weighted by Gasteiger charge is 2.50. The number of carbonyl (C=O) groups excluding carboxylic acids is 1. The van der Waals surface area contributed by atoms with Crippen molar-refractivity contribution in [3.63, 3.8) is 0 Å². The van der Waals surface area contributed by atoms with Crippen LogP contribution in [0.25, 0.3) is 0 Å². The second-order valence-corrected chi connectivity index (χ2v) is 8.38. The molecule has 2 aliphatic rings. The van der Waals surface area contributed by atoms with Crippen molar-refractivity contribution in [2.75, 3.05) is 6.79 Å². The van der Waals surface area contributed by atoms with Crippen molar-refractivity contribution >= 4 is 39.4 Å². The summed E-state index contributed by atoms with van der Waals surface area (Å²) in [5.41, 5.74) is 3.75. The molecule has 2 heterocycles. The van der Waals surface area contributed by atoms with E-state index < -0.39 is 37.6 Å². The van der Waals surface area contributed by atoms with Gasteiger partial charge in [0.25, 0.3) is 0 Å². The van der Waals surface area contributed by atoms with E-state index in [0.29, 0.717) is 11.5 Å². The van der Waals surface area contributed by atoms with Crippen LogP contribution in [0.4, 0.5) is 0 Å². The predicted octanol–water partition coefficient (Wildman–Crippen LogP) is -0.0424. The van der Waals surface area contributed by atoms with Gasteiger partial charge in [0, 0.05) is 0 Å². The van der Waals surface area contributed by atoms with E-state index in [0.717, 1.165) is 0 Å². The Hall–Kier alpha value is -3.01. The quantitative estimate of drug-likeness (QED) is 0.531. The van der Waals surface area contributed by atoms with Crippen LogP contribution >= 0.6 is 0 Å². The summed E-state index contributed by atoms with van der Waals surface area (Å²) in [7, 11) is 12.9. The molecule has 8 nitrogen and oxygen atoms in total. The molecule has 0 saturated heterocycles. The Bertz CT molecular complexity index is 1170. The monoisotopic (exact) mass is 419 g/mol. The van der Waals surface area contributed by atoms with Gasteiger partial charge >= 0.3 is 10.1 Å². The molecule has 1 atom stereocenters. The molecule has 146 valence electrons. The number of hydrogen-bond donors (Lipinski definition) is 1. The highest BCUT2D eigenvalue weighted by atomic mass is 32.2. The molecule has 12 heteroatoms. The molecular weight excluding hydrogens is 407 g/mol. The maximum atomic E-state index is 12.9. The number of Topliss-reactive ketones (excluding diaryl/α,β-unsaturated/α-hetero) is 1. The first-order chi connectivity index (χ1) is 14.1. The molecule has 0 aromatic heterocycles. The lowest BCUT2D eigenvalue weighted by atomic mass is 9.65. The zero-order chi connectivity index (χ0) is 21.7. The summed E-state index contributed by atoms with van der Waals surface area (Å²) in [6.07, 6.45) is 0. The van der Waals surface area contributed by atoms with Crippen molar-refractivity contribution in [2.45, 2.75) is 10.0 Å². The number of benzene rings is 2. The number of rotatable bonds is 5. The molecule has 0 saturated carbocycles. The summed E-state index contributed by atoms with van der Waals surface area (Å²) in [5, 5.41) is 0. The van der Waals surface area contributed by atoms with Gasteiger partial charge in [-0.1, -0.05) is 36.4 Å². The lowest BCUT2D eigenvalue weighted by Gasteiger charge is -2.26. The van der Waals surface area contributed by atoms with Crippen molar-refractivity contribution in [3.8, 4) is 11.5 Å². The molecule has 0 bridgehead atoms. The van der Waals surface area contributed by atoms with Crippen molar-refractivity contribution < 1.29 is 31.6 Å². The number of carbonyl (C=O) groups is 1. The molecule has 6 radical (unpaired) electrons. The van der Waals surface area contributed by atoms with Gasteiger partial charge in [0.15, 0.2) is 17.0 Å². The SMILES string of the molecule is [B]C([B])(c1ccccc1)S(=O)(=O)OC1=C(N)O[C@]([B])(c2ccc3c(c2)OCO3)C1=O. The summed E-state index contributed by atoms with van der Waals surface area (Å²) >= 11 is 0.